The minimum absolute atomic E-state index is 0.201. The SMILES string of the molecule is Cc1cccc(-c2nnc(NC(=O)c3cccc(Br)c3)s2)c1. The summed E-state index contributed by atoms with van der Waals surface area (Å²) in [4.78, 5) is 12.2. The van der Waals surface area contributed by atoms with Crippen LogP contribution in [-0.4, -0.2) is 16.1 Å². The lowest BCUT2D eigenvalue weighted by Crippen LogP contribution is -2.11. The van der Waals surface area contributed by atoms with Crippen LogP contribution in [0.3, 0.4) is 0 Å². The molecule has 0 atom stereocenters. The number of benzene rings is 2. The lowest BCUT2D eigenvalue weighted by molar-refractivity contribution is 0.102. The zero-order chi connectivity index (χ0) is 15.5. The van der Waals surface area contributed by atoms with Gasteiger partial charge in [-0.05, 0) is 31.2 Å². The number of aromatic nitrogens is 2. The van der Waals surface area contributed by atoms with Crippen molar-refractivity contribution in [2.45, 2.75) is 6.92 Å². The van der Waals surface area contributed by atoms with Crippen LogP contribution in [0.4, 0.5) is 5.13 Å². The Morgan fingerprint density at radius 2 is 1.95 bits per heavy atom. The van der Waals surface area contributed by atoms with Crippen LogP contribution in [0.1, 0.15) is 15.9 Å². The van der Waals surface area contributed by atoms with Gasteiger partial charge in [0, 0.05) is 15.6 Å². The smallest absolute Gasteiger partial charge is 0.257 e. The van der Waals surface area contributed by atoms with E-state index in [1.54, 1.807) is 12.1 Å². The van der Waals surface area contributed by atoms with Crippen LogP contribution in [0.25, 0.3) is 10.6 Å². The number of carbonyl (C=O) groups excluding carboxylic acids is 1. The summed E-state index contributed by atoms with van der Waals surface area (Å²) in [6, 6.07) is 15.2. The van der Waals surface area contributed by atoms with Crippen LogP contribution in [0.5, 0.6) is 0 Å². The van der Waals surface area contributed by atoms with Crippen LogP contribution in [0.2, 0.25) is 0 Å². The van der Waals surface area contributed by atoms with Crippen molar-refractivity contribution in [1.82, 2.24) is 10.2 Å². The number of nitrogens with one attached hydrogen (secondary N) is 1. The first kappa shape index (κ1) is 14.9. The van der Waals surface area contributed by atoms with Crippen molar-refractivity contribution in [1.29, 1.82) is 0 Å². The zero-order valence-corrected chi connectivity index (χ0v) is 14.1. The molecule has 3 rings (SSSR count). The third-order valence-corrected chi connectivity index (χ3v) is 4.38. The molecular weight excluding hydrogens is 362 g/mol. The van der Waals surface area contributed by atoms with Crippen molar-refractivity contribution in [3.8, 4) is 10.6 Å². The molecule has 1 amide bonds. The van der Waals surface area contributed by atoms with Gasteiger partial charge in [0.2, 0.25) is 5.13 Å². The number of anilines is 1. The Morgan fingerprint density at radius 3 is 2.73 bits per heavy atom. The summed E-state index contributed by atoms with van der Waals surface area (Å²) in [7, 11) is 0. The fraction of sp³-hybridized carbons (Fsp3) is 0.0625. The molecule has 0 saturated heterocycles. The maximum Gasteiger partial charge on any atom is 0.257 e. The number of amides is 1. The Labute approximate surface area is 140 Å². The summed E-state index contributed by atoms with van der Waals surface area (Å²) < 4.78 is 0.859. The number of nitrogens with zero attached hydrogens (tertiary/aromatic N) is 2. The summed E-state index contributed by atoms with van der Waals surface area (Å²) in [5.74, 6) is -0.201. The Hall–Kier alpha value is -2.05. The highest BCUT2D eigenvalue weighted by Gasteiger charge is 2.11. The molecule has 6 heteroatoms. The maximum absolute atomic E-state index is 12.2. The van der Waals surface area contributed by atoms with E-state index in [4.69, 9.17) is 0 Å². The number of hydrogen-bond acceptors (Lipinski definition) is 4. The summed E-state index contributed by atoms with van der Waals surface area (Å²) in [5.41, 5.74) is 2.73. The van der Waals surface area contributed by atoms with E-state index in [0.717, 1.165) is 20.6 Å². The molecule has 1 aromatic heterocycles. The summed E-state index contributed by atoms with van der Waals surface area (Å²) in [5, 5.41) is 12.2. The Bertz CT molecular complexity index is 832. The summed E-state index contributed by atoms with van der Waals surface area (Å²) in [6.45, 7) is 2.03. The molecule has 0 spiro atoms. The molecule has 0 aliphatic heterocycles. The Kier molecular flexibility index (Phi) is 4.31. The van der Waals surface area contributed by atoms with Gasteiger partial charge in [-0.15, -0.1) is 10.2 Å². The summed E-state index contributed by atoms with van der Waals surface area (Å²) in [6.07, 6.45) is 0. The topological polar surface area (TPSA) is 54.9 Å². The monoisotopic (exact) mass is 373 g/mol. The number of aryl methyl sites for hydroxylation is 1. The van der Waals surface area contributed by atoms with Crippen molar-refractivity contribution < 1.29 is 4.79 Å². The minimum atomic E-state index is -0.201. The highest BCUT2D eigenvalue weighted by molar-refractivity contribution is 9.10. The van der Waals surface area contributed by atoms with Gasteiger partial charge in [0.25, 0.3) is 5.91 Å². The number of carbonyl (C=O) groups is 1. The van der Waals surface area contributed by atoms with E-state index in [1.165, 1.54) is 11.3 Å². The lowest BCUT2D eigenvalue weighted by atomic mass is 10.1. The number of rotatable bonds is 3. The fourth-order valence-corrected chi connectivity index (χ4v) is 3.10. The minimum Gasteiger partial charge on any atom is -0.296 e. The van der Waals surface area contributed by atoms with E-state index in [-0.39, 0.29) is 5.91 Å². The van der Waals surface area contributed by atoms with Gasteiger partial charge in [-0.1, -0.05) is 57.1 Å². The highest BCUT2D eigenvalue weighted by Crippen LogP contribution is 2.27. The molecule has 0 aliphatic rings. The fourth-order valence-electron chi connectivity index (χ4n) is 1.97. The normalized spacial score (nSPS) is 10.5. The van der Waals surface area contributed by atoms with Gasteiger partial charge in [0.05, 0.1) is 0 Å². The first-order chi connectivity index (χ1) is 10.6. The molecule has 0 saturated carbocycles. The molecule has 0 aliphatic carbocycles. The van der Waals surface area contributed by atoms with E-state index in [1.807, 2.05) is 43.3 Å². The van der Waals surface area contributed by atoms with Crippen LogP contribution in [-0.2, 0) is 0 Å². The van der Waals surface area contributed by atoms with E-state index < -0.39 is 0 Å². The summed E-state index contributed by atoms with van der Waals surface area (Å²) >= 11 is 4.71. The number of halogens is 1. The van der Waals surface area contributed by atoms with Gasteiger partial charge in [-0.3, -0.25) is 10.1 Å². The van der Waals surface area contributed by atoms with Gasteiger partial charge >= 0.3 is 0 Å². The van der Waals surface area contributed by atoms with Gasteiger partial charge in [0.1, 0.15) is 5.01 Å². The molecule has 1 heterocycles. The average Bonchev–Trinajstić information content (AvgIpc) is 2.96. The molecule has 110 valence electrons. The predicted molar refractivity (Wildman–Crippen MR) is 92.2 cm³/mol. The van der Waals surface area contributed by atoms with Gasteiger partial charge in [-0.25, -0.2) is 0 Å². The van der Waals surface area contributed by atoms with Gasteiger partial charge in [0.15, 0.2) is 0 Å². The second kappa shape index (κ2) is 6.37. The van der Waals surface area contributed by atoms with Crippen LogP contribution >= 0.6 is 27.3 Å². The second-order valence-electron chi connectivity index (χ2n) is 4.75. The first-order valence-corrected chi connectivity index (χ1v) is 8.20. The standard InChI is InChI=1S/C16H12BrN3OS/c1-10-4-2-6-12(8-10)15-19-20-16(22-15)18-14(21)11-5-3-7-13(17)9-11/h2-9H,1H3,(H,18,20,21). The van der Waals surface area contributed by atoms with Gasteiger partial charge < -0.3 is 0 Å². The molecule has 22 heavy (non-hydrogen) atoms. The Morgan fingerprint density at radius 1 is 1.14 bits per heavy atom. The molecule has 4 nitrogen and oxygen atoms in total. The predicted octanol–water partition coefficient (Wildman–Crippen LogP) is 4.53. The highest BCUT2D eigenvalue weighted by atomic mass is 79.9. The van der Waals surface area contributed by atoms with Crippen molar-refractivity contribution >= 4 is 38.3 Å². The van der Waals surface area contributed by atoms with E-state index in [0.29, 0.717) is 10.7 Å². The van der Waals surface area contributed by atoms with Crippen molar-refractivity contribution in [3.63, 3.8) is 0 Å². The molecule has 0 bridgehead atoms. The van der Waals surface area contributed by atoms with Crippen molar-refractivity contribution in [2.24, 2.45) is 0 Å². The van der Waals surface area contributed by atoms with E-state index in [9.17, 15) is 4.79 Å². The zero-order valence-electron chi connectivity index (χ0n) is 11.7. The largest absolute Gasteiger partial charge is 0.296 e. The van der Waals surface area contributed by atoms with Crippen LogP contribution < -0.4 is 5.32 Å². The first-order valence-electron chi connectivity index (χ1n) is 6.59. The molecule has 0 fully saturated rings. The quantitative estimate of drug-likeness (QED) is 0.733. The molecule has 3 aromatic rings. The van der Waals surface area contributed by atoms with E-state index >= 15 is 0 Å². The van der Waals surface area contributed by atoms with Crippen LogP contribution in [0, 0.1) is 6.92 Å². The number of hydrogen-bond donors (Lipinski definition) is 1. The molecule has 0 unspecified atom stereocenters. The maximum atomic E-state index is 12.2. The van der Waals surface area contributed by atoms with Gasteiger partial charge in [-0.2, -0.15) is 0 Å². The van der Waals surface area contributed by atoms with E-state index in [2.05, 4.69) is 31.4 Å². The second-order valence-corrected chi connectivity index (χ2v) is 6.64. The third-order valence-electron chi connectivity index (χ3n) is 3.00. The average molecular weight is 374 g/mol. The molecule has 1 N–H and O–H groups in total. The van der Waals surface area contributed by atoms with Crippen molar-refractivity contribution in [3.05, 3.63) is 64.1 Å². The van der Waals surface area contributed by atoms with Crippen molar-refractivity contribution in [2.75, 3.05) is 5.32 Å². The third kappa shape index (κ3) is 3.40. The van der Waals surface area contributed by atoms with Crippen LogP contribution in [0.15, 0.2) is 53.0 Å². The lowest BCUT2D eigenvalue weighted by Gasteiger charge is -2.01. The Balaban J connectivity index is 1.78. The molecule has 2 aromatic carbocycles. The molecular formula is C16H12BrN3OS. The molecule has 0 radical (unpaired) electrons.